The van der Waals surface area contributed by atoms with E-state index in [1.54, 1.807) is 20.3 Å². The summed E-state index contributed by atoms with van der Waals surface area (Å²) in [6, 6.07) is 13.7. The van der Waals surface area contributed by atoms with Crippen LogP contribution in [-0.4, -0.2) is 75.3 Å². The van der Waals surface area contributed by atoms with E-state index in [1.807, 2.05) is 24.3 Å². The van der Waals surface area contributed by atoms with E-state index in [1.165, 1.54) is 7.11 Å². The van der Waals surface area contributed by atoms with Crippen LogP contribution in [0, 0.1) is 0 Å². The minimum Gasteiger partial charge on any atom is -0.497 e. The molecule has 0 saturated carbocycles. The van der Waals surface area contributed by atoms with Crippen LogP contribution in [0.4, 0.5) is 11.4 Å². The number of amides is 1. The first-order valence-electron chi connectivity index (χ1n) is 11.1. The number of aromatic nitrogens is 1. The zero-order valence-corrected chi connectivity index (χ0v) is 19.9. The van der Waals surface area contributed by atoms with Gasteiger partial charge >= 0.3 is 5.97 Å². The first-order chi connectivity index (χ1) is 16.4. The molecule has 1 aromatic heterocycles. The third kappa shape index (κ3) is 4.65. The number of carbonyl (C=O) groups excluding carboxylic acids is 2. The lowest BCUT2D eigenvalue weighted by atomic mass is 10.1. The van der Waals surface area contributed by atoms with Crippen molar-refractivity contribution in [2.75, 3.05) is 57.7 Å². The summed E-state index contributed by atoms with van der Waals surface area (Å²) in [6.07, 6.45) is 0. The van der Waals surface area contributed by atoms with E-state index in [9.17, 15) is 9.59 Å². The van der Waals surface area contributed by atoms with Gasteiger partial charge in [0.1, 0.15) is 17.2 Å². The molecule has 1 atom stereocenters. The number of nitrogens with zero attached hydrogens (tertiary/aromatic N) is 2. The van der Waals surface area contributed by atoms with Gasteiger partial charge in [0.2, 0.25) is 5.91 Å². The molecule has 1 saturated heterocycles. The van der Waals surface area contributed by atoms with Crippen LogP contribution in [0.1, 0.15) is 17.4 Å². The Morgan fingerprint density at radius 1 is 1.06 bits per heavy atom. The number of methoxy groups -OCH3 is 3. The van der Waals surface area contributed by atoms with E-state index < -0.39 is 5.97 Å². The van der Waals surface area contributed by atoms with Crippen LogP contribution in [0.3, 0.4) is 0 Å². The Labute approximate surface area is 198 Å². The van der Waals surface area contributed by atoms with Crippen LogP contribution in [0.2, 0.25) is 0 Å². The minimum atomic E-state index is -0.560. The number of carbonyl (C=O) groups is 2. The number of piperazine rings is 1. The van der Waals surface area contributed by atoms with Crippen molar-refractivity contribution >= 4 is 34.2 Å². The highest BCUT2D eigenvalue weighted by Crippen LogP contribution is 2.35. The van der Waals surface area contributed by atoms with Crippen LogP contribution in [0.5, 0.6) is 11.5 Å². The van der Waals surface area contributed by atoms with Crippen molar-refractivity contribution in [3.05, 3.63) is 48.2 Å². The number of anilines is 2. The number of ether oxygens (including phenoxy) is 3. The van der Waals surface area contributed by atoms with Gasteiger partial charge in [0.05, 0.1) is 44.5 Å². The van der Waals surface area contributed by atoms with Crippen LogP contribution >= 0.6 is 0 Å². The molecule has 1 amide bonds. The monoisotopic (exact) mass is 466 g/mol. The number of rotatable bonds is 7. The molecule has 0 radical (unpaired) electrons. The molecule has 0 unspecified atom stereocenters. The highest BCUT2D eigenvalue weighted by atomic mass is 16.5. The average Bonchev–Trinajstić information content (AvgIpc) is 3.22. The van der Waals surface area contributed by atoms with Gasteiger partial charge in [-0.1, -0.05) is 6.07 Å². The zero-order valence-electron chi connectivity index (χ0n) is 19.9. The molecule has 0 spiro atoms. The van der Waals surface area contributed by atoms with E-state index in [2.05, 4.69) is 39.2 Å². The molecule has 9 heteroatoms. The maximum absolute atomic E-state index is 13.0. The lowest BCUT2D eigenvalue weighted by Crippen LogP contribution is -2.53. The Bertz CT molecular complexity index is 1170. The van der Waals surface area contributed by atoms with Crippen molar-refractivity contribution < 1.29 is 23.8 Å². The van der Waals surface area contributed by atoms with Gasteiger partial charge in [-0.2, -0.15) is 0 Å². The Kier molecular flexibility index (Phi) is 6.93. The van der Waals surface area contributed by atoms with Gasteiger partial charge in [-0.05, 0) is 43.3 Å². The summed E-state index contributed by atoms with van der Waals surface area (Å²) < 4.78 is 15.6. The van der Waals surface area contributed by atoms with Crippen molar-refractivity contribution in [2.45, 2.75) is 13.0 Å². The molecular formula is C25H30N4O5. The molecule has 9 nitrogen and oxygen atoms in total. The number of fused-ring (bicyclic) bond motifs is 1. The minimum absolute atomic E-state index is 0.188. The summed E-state index contributed by atoms with van der Waals surface area (Å²) in [5, 5.41) is 3.56. The average molecular weight is 467 g/mol. The Morgan fingerprint density at radius 2 is 1.82 bits per heavy atom. The normalized spacial score (nSPS) is 16.4. The third-order valence-corrected chi connectivity index (χ3v) is 6.14. The molecule has 4 rings (SSSR count). The second-order valence-electron chi connectivity index (χ2n) is 8.27. The third-order valence-electron chi connectivity index (χ3n) is 6.14. The fourth-order valence-corrected chi connectivity index (χ4v) is 4.48. The predicted octanol–water partition coefficient (Wildman–Crippen LogP) is 3.12. The van der Waals surface area contributed by atoms with Gasteiger partial charge in [0.25, 0.3) is 0 Å². The van der Waals surface area contributed by atoms with Gasteiger partial charge in [-0.3, -0.25) is 9.69 Å². The van der Waals surface area contributed by atoms with Crippen LogP contribution in [-0.2, 0) is 9.53 Å². The molecule has 2 heterocycles. The molecule has 1 fully saturated rings. The highest BCUT2D eigenvalue weighted by molar-refractivity contribution is 6.13. The first kappa shape index (κ1) is 23.4. The summed E-state index contributed by atoms with van der Waals surface area (Å²) in [5.41, 5.74) is 2.37. The second-order valence-corrected chi connectivity index (χ2v) is 8.27. The molecule has 0 aliphatic carbocycles. The van der Waals surface area contributed by atoms with E-state index in [0.717, 1.165) is 31.1 Å². The lowest BCUT2D eigenvalue weighted by molar-refractivity contribution is -0.117. The summed E-state index contributed by atoms with van der Waals surface area (Å²) in [6.45, 7) is 4.64. The number of hydrogen-bond donors (Lipinski definition) is 2. The van der Waals surface area contributed by atoms with Crippen molar-refractivity contribution in [1.29, 1.82) is 0 Å². The number of H-pyrrole nitrogens is 1. The molecule has 180 valence electrons. The van der Waals surface area contributed by atoms with E-state index in [4.69, 9.17) is 14.2 Å². The van der Waals surface area contributed by atoms with Crippen molar-refractivity contribution in [3.8, 4) is 11.5 Å². The second kappa shape index (κ2) is 10.0. The predicted molar refractivity (Wildman–Crippen MR) is 131 cm³/mol. The Morgan fingerprint density at radius 3 is 2.47 bits per heavy atom. The molecule has 1 aliphatic heterocycles. The highest BCUT2D eigenvalue weighted by Gasteiger charge is 2.27. The number of esters is 1. The van der Waals surface area contributed by atoms with Crippen LogP contribution < -0.4 is 19.7 Å². The number of benzene rings is 2. The van der Waals surface area contributed by atoms with Gasteiger partial charge in [0, 0.05) is 31.4 Å². The topological polar surface area (TPSA) is 96.1 Å². The summed E-state index contributed by atoms with van der Waals surface area (Å²) in [4.78, 5) is 32.9. The molecule has 2 N–H and O–H groups in total. The number of hydrogen-bond acceptors (Lipinski definition) is 7. The smallest absolute Gasteiger partial charge is 0.356 e. The Hall–Kier alpha value is -3.72. The van der Waals surface area contributed by atoms with Gasteiger partial charge in [-0.15, -0.1) is 0 Å². The van der Waals surface area contributed by atoms with Crippen molar-refractivity contribution in [1.82, 2.24) is 9.88 Å². The molecule has 3 aromatic rings. The van der Waals surface area contributed by atoms with Crippen molar-refractivity contribution in [2.24, 2.45) is 0 Å². The van der Waals surface area contributed by atoms with E-state index in [0.29, 0.717) is 22.3 Å². The maximum atomic E-state index is 13.0. The lowest BCUT2D eigenvalue weighted by Gasteiger charge is -2.41. The Balaban J connectivity index is 1.46. The molecule has 1 aliphatic rings. The first-order valence-corrected chi connectivity index (χ1v) is 11.1. The standard InChI is InChI=1S/C25H30N4O5/c1-16-14-28(12-13-29(16)17-8-10-18(32-2)11-9-17)15-21(30)27-23-22-19(6-5-7-20(22)33-3)26-24(23)25(31)34-4/h5-11,16,26H,12-15H2,1-4H3,(H,27,30)/t16-/m1/s1. The van der Waals surface area contributed by atoms with Crippen LogP contribution in [0.25, 0.3) is 10.9 Å². The molecule has 34 heavy (non-hydrogen) atoms. The van der Waals surface area contributed by atoms with Crippen molar-refractivity contribution in [3.63, 3.8) is 0 Å². The fraction of sp³-hybridized carbons (Fsp3) is 0.360. The van der Waals surface area contributed by atoms with E-state index in [-0.39, 0.29) is 24.2 Å². The number of nitrogens with one attached hydrogen (secondary N) is 2. The molecular weight excluding hydrogens is 436 g/mol. The number of aromatic amines is 1. The summed E-state index contributed by atoms with van der Waals surface area (Å²) in [7, 11) is 4.51. The van der Waals surface area contributed by atoms with E-state index >= 15 is 0 Å². The largest absolute Gasteiger partial charge is 0.497 e. The van der Waals surface area contributed by atoms with Gasteiger partial charge in [0.15, 0.2) is 0 Å². The summed E-state index contributed by atoms with van der Waals surface area (Å²) >= 11 is 0. The molecule has 2 aromatic carbocycles. The van der Waals surface area contributed by atoms with Gasteiger partial charge < -0.3 is 29.4 Å². The SMILES string of the molecule is COC(=O)c1[nH]c2cccc(OC)c2c1NC(=O)CN1CCN(c2ccc(OC)cc2)[C@H](C)C1. The maximum Gasteiger partial charge on any atom is 0.356 e. The quantitative estimate of drug-likeness (QED) is 0.517. The zero-order chi connectivity index (χ0) is 24.2. The molecule has 0 bridgehead atoms. The van der Waals surface area contributed by atoms with Gasteiger partial charge in [-0.25, -0.2) is 4.79 Å². The summed E-state index contributed by atoms with van der Waals surface area (Å²) in [5.74, 6) is 0.616. The fourth-order valence-electron chi connectivity index (χ4n) is 4.48. The van der Waals surface area contributed by atoms with Crippen LogP contribution in [0.15, 0.2) is 42.5 Å².